The molecule has 114 heavy (non-hydrogen) atoms. The zero-order valence-electron chi connectivity index (χ0n) is 65.5. The second kappa shape index (κ2) is 41.0. The molecule has 0 radical (unpaired) electrons. The summed E-state index contributed by atoms with van der Waals surface area (Å²) in [5.74, 6) is 0.170. The molecular formula is C85H95ClF2N10O11S5. The highest BCUT2D eigenvalue weighted by Crippen LogP contribution is 2.47. The molecule has 29 heteroatoms. The molecular weight excluding hydrogens is 1570 g/mol. The molecule has 602 valence electrons. The van der Waals surface area contributed by atoms with Gasteiger partial charge in [-0.2, -0.15) is 0 Å². The van der Waals surface area contributed by atoms with Crippen molar-refractivity contribution in [1.29, 1.82) is 0 Å². The summed E-state index contributed by atoms with van der Waals surface area (Å²) in [7, 11) is 3.30. The van der Waals surface area contributed by atoms with Crippen molar-refractivity contribution < 1.29 is 61.3 Å². The summed E-state index contributed by atoms with van der Waals surface area (Å²) < 4.78 is 75.6. The van der Waals surface area contributed by atoms with E-state index in [1.165, 1.54) is 53.2 Å². The summed E-state index contributed by atoms with van der Waals surface area (Å²) in [6, 6.07) is 31.0. The lowest BCUT2D eigenvalue weighted by atomic mass is 9.99. The van der Waals surface area contributed by atoms with Gasteiger partial charge < -0.3 is 72.2 Å². The number of halogens is 3. The number of fused-ring (bicyclic) bond motifs is 1. The first kappa shape index (κ1) is 84.4. The van der Waals surface area contributed by atoms with Crippen molar-refractivity contribution in [2.45, 2.75) is 73.6 Å². The minimum Gasteiger partial charge on any atom is -0.497 e. The van der Waals surface area contributed by atoms with Crippen molar-refractivity contribution in [3.8, 4) is 23.0 Å². The van der Waals surface area contributed by atoms with Gasteiger partial charge in [-0.15, -0.1) is 56.7 Å². The van der Waals surface area contributed by atoms with Crippen LogP contribution in [-0.2, 0) is 55.8 Å². The minimum absolute atomic E-state index is 0.0571. The van der Waals surface area contributed by atoms with Gasteiger partial charge in [0.25, 0.3) is 0 Å². The monoisotopic (exact) mass is 1660 g/mol. The number of carboxylic acid groups (broad SMARTS) is 1. The Bertz CT molecular complexity index is 4950. The van der Waals surface area contributed by atoms with Crippen molar-refractivity contribution in [2.24, 2.45) is 0 Å². The van der Waals surface area contributed by atoms with Gasteiger partial charge in [-0.1, -0.05) is 65.7 Å². The SMILES string of the molecule is COc1ccc(Cc2nc(N3CCOCC3)sc2C)cc1.Cc1ccc(Cc2nc(N3CCOCC3)sc2C)cc1.Cc1sc(N2CCOCC2)nc1Cc1ccc2c(c1)OCCO2.[C-]#[N+]c1c(N2CCOCC2)sc(C(=O)O)c1Cc1cc(F)c(F)cc1C.[C-]#[N+]c1c(N2CCOCC2)sc(C)c1Cc1ccc(OC)c(Cl)c1. The average Bonchev–Trinajstić information content (AvgIpc) is 1.63. The maximum atomic E-state index is 13.6. The summed E-state index contributed by atoms with van der Waals surface area (Å²) in [5, 5.41) is 15.2. The van der Waals surface area contributed by atoms with Crippen molar-refractivity contribution in [3.05, 3.63) is 228 Å². The van der Waals surface area contributed by atoms with Crippen LogP contribution < -0.4 is 43.4 Å². The number of carbonyl (C=O) groups is 1. The van der Waals surface area contributed by atoms with Crippen LogP contribution in [0.1, 0.15) is 96.3 Å². The molecule has 0 spiro atoms. The number of hydrogen-bond donors (Lipinski definition) is 1. The molecule has 0 unspecified atom stereocenters. The fourth-order valence-corrected chi connectivity index (χ4v) is 19.0. The summed E-state index contributed by atoms with van der Waals surface area (Å²) in [6.07, 6.45) is 3.38. The molecule has 5 saturated heterocycles. The van der Waals surface area contributed by atoms with Gasteiger partial charge in [-0.3, -0.25) is 0 Å². The maximum absolute atomic E-state index is 13.6. The molecule has 6 aliphatic heterocycles. The lowest BCUT2D eigenvalue weighted by Crippen LogP contribution is -2.36. The third-order valence-corrected chi connectivity index (χ3v) is 26.0. The molecule has 0 amide bonds. The standard InChI is InChI=1S/C18H19ClN2O2S.C18H16F2N2O3S.C17H20N2O3S.C16H20N2O2S.C16H20N2OS/c1-12-14(10-13-4-5-16(22-3)15(19)11-13)17(20-2)18(24-12)21-6-8-23-9-7-21;1-10-7-13(19)14(20)9-11(10)8-12-15(21-2)17(26-16(12)18(23)24)22-3-5-25-6-4-22;1-12-14(18-17(23-12)19-4-6-20-7-5-19)10-13-2-3-15-16(11-13)22-9-8-21-15;1-12-15(11-13-3-5-14(19-2)6-4-13)17-16(21-12)18-7-9-20-10-8-18;1-12-3-5-14(6-4-12)11-15-13(2)20-16(17-15)18-7-9-19-10-8-18/h4-5,11H,6-10H2,1,3H3;7,9H,3-6,8H2,1H3,(H,23,24);2-3,11H,4-10H2,1H3;3-6H,7-11H2,1-2H3;3-6H,7-11H2,1-2H3. The number of nitrogens with zero attached hydrogens (tertiary/aromatic N) is 10. The largest absolute Gasteiger partial charge is 0.497 e. The van der Waals surface area contributed by atoms with Crippen molar-refractivity contribution in [3.63, 3.8) is 0 Å². The number of aryl methyl sites for hydroxylation is 6. The van der Waals surface area contributed by atoms with Gasteiger partial charge in [0, 0.05) is 99.3 Å². The Kier molecular flexibility index (Phi) is 30.4. The van der Waals surface area contributed by atoms with E-state index in [4.69, 9.17) is 82.3 Å². The molecule has 0 bridgehead atoms. The number of anilines is 5. The molecule has 5 aromatic carbocycles. The summed E-state index contributed by atoms with van der Waals surface area (Å²) in [5.41, 5.74) is 13.2. The van der Waals surface area contributed by atoms with Crippen molar-refractivity contribution in [1.82, 2.24) is 15.0 Å². The Morgan fingerprint density at radius 3 is 1.33 bits per heavy atom. The van der Waals surface area contributed by atoms with Crippen LogP contribution in [-0.4, -0.2) is 185 Å². The maximum Gasteiger partial charge on any atom is 0.344 e. The molecule has 1 N–H and O–H groups in total. The van der Waals surface area contributed by atoms with E-state index in [9.17, 15) is 18.7 Å². The number of methoxy groups -OCH3 is 2. The first-order valence-corrected chi connectivity index (χ1v) is 42.4. The second-order valence-electron chi connectivity index (χ2n) is 27.7. The third kappa shape index (κ3) is 22.1. The van der Waals surface area contributed by atoms with E-state index in [1.807, 2.05) is 41.3 Å². The predicted molar refractivity (Wildman–Crippen MR) is 453 cm³/mol. The van der Waals surface area contributed by atoms with Crippen LogP contribution in [0.2, 0.25) is 5.02 Å². The van der Waals surface area contributed by atoms with Crippen LogP contribution >= 0.6 is 68.3 Å². The molecule has 10 aromatic rings. The number of thiophene rings is 2. The van der Waals surface area contributed by atoms with Crippen LogP contribution in [0.3, 0.4) is 0 Å². The van der Waals surface area contributed by atoms with Gasteiger partial charge >= 0.3 is 5.97 Å². The number of rotatable bonds is 18. The molecule has 6 aliphatic rings. The van der Waals surface area contributed by atoms with Crippen molar-refractivity contribution >= 4 is 111 Å². The number of carboxylic acids is 1. The van der Waals surface area contributed by atoms with Crippen LogP contribution in [0, 0.1) is 66.3 Å². The van der Waals surface area contributed by atoms with E-state index in [0.29, 0.717) is 78.4 Å². The Hall–Kier alpha value is -9.01. The van der Waals surface area contributed by atoms with Crippen LogP contribution in [0.25, 0.3) is 9.69 Å². The number of benzene rings is 5. The first-order chi connectivity index (χ1) is 55.3. The zero-order chi connectivity index (χ0) is 80.2. The van der Waals surface area contributed by atoms with E-state index in [1.54, 1.807) is 66.5 Å². The fourth-order valence-electron chi connectivity index (χ4n) is 13.5. The highest BCUT2D eigenvalue weighted by molar-refractivity contribution is 7.19. The summed E-state index contributed by atoms with van der Waals surface area (Å²) >= 11 is 14.3. The Labute approximate surface area is 690 Å². The van der Waals surface area contributed by atoms with E-state index >= 15 is 0 Å². The second-order valence-corrected chi connectivity index (χ2v) is 33.9. The molecule has 0 saturated carbocycles. The number of aromatic nitrogens is 3. The van der Waals surface area contributed by atoms with Crippen LogP contribution in [0.15, 0.2) is 97.1 Å². The quantitative estimate of drug-likeness (QED) is 0.0799. The number of hydrogen-bond acceptors (Lipinski definition) is 23. The van der Waals surface area contributed by atoms with E-state index in [2.05, 4.69) is 112 Å². The molecule has 5 fully saturated rings. The summed E-state index contributed by atoms with van der Waals surface area (Å²) in [4.78, 5) is 50.0. The number of ether oxygens (including phenoxy) is 9. The van der Waals surface area contributed by atoms with Crippen LogP contribution in [0.4, 0.5) is 45.6 Å². The van der Waals surface area contributed by atoms with Crippen molar-refractivity contribution in [2.75, 3.05) is 183 Å². The Morgan fingerprint density at radius 2 is 0.877 bits per heavy atom. The van der Waals surface area contributed by atoms with Gasteiger partial charge in [0.15, 0.2) is 38.5 Å². The predicted octanol–water partition coefficient (Wildman–Crippen LogP) is 17.4. The normalized spacial score (nSPS) is 15.4. The molecule has 21 nitrogen and oxygen atoms in total. The highest BCUT2D eigenvalue weighted by Gasteiger charge is 2.29. The smallest absolute Gasteiger partial charge is 0.344 e. The molecule has 11 heterocycles. The Morgan fingerprint density at radius 1 is 0.465 bits per heavy atom. The van der Waals surface area contributed by atoms with Crippen LogP contribution in [0.5, 0.6) is 23.0 Å². The van der Waals surface area contributed by atoms with Gasteiger partial charge in [-0.05, 0) is 152 Å². The molecule has 0 aliphatic carbocycles. The third-order valence-electron chi connectivity index (χ3n) is 20.0. The molecule has 16 rings (SSSR count). The topological polar surface area (TPSA) is 184 Å². The number of morpholine rings is 5. The Balaban J connectivity index is 0.000000132. The van der Waals surface area contributed by atoms with Gasteiger partial charge in [0.05, 0.1) is 126 Å². The number of aromatic carboxylic acids is 1. The van der Waals surface area contributed by atoms with Gasteiger partial charge in [0.2, 0.25) is 11.4 Å². The van der Waals surface area contributed by atoms with E-state index < -0.39 is 17.6 Å². The van der Waals surface area contributed by atoms with E-state index in [-0.39, 0.29) is 17.0 Å². The van der Waals surface area contributed by atoms with Gasteiger partial charge in [-0.25, -0.2) is 38.2 Å². The van der Waals surface area contributed by atoms with E-state index in [0.717, 1.165) is 208 Å². The lowest BCUT2D eigenvalue weighted by Gasteiger charge is -2.28. The fraction of sp³-hybridized carbons (Fsp3) is 0.412. The minimum atomic E-state index is -1.13. The first-order valence-electron chi connectivity index (χ1n) is 38.0. The average molecular weight is 1670 g/mol. The van der Waals surface area contributed by atoms with Gasteiger partial charge in [0.1, 0.15) is 29.6 Å². The zero-order valence-corrected chi connectivity index (χ0v) is 70.3. The summed E-state index contributed by atoms with van der Waals surface area (Å²) in [6.45, 7) is 44.5. The number of thiazole rings is 3. The molecule has 5 aromatic heterocycles. The highest BCUT2D eigenvalue weighted by atomic mass is 35.5. The lowest BCUT2D eigenvalue weighted by molar-refractivity contribution is 0.0701. The molecule has 0 atom stereocenters.